The minimum Gasteiger partial charge on any atom is -0.490 e. The molecule has 0 bridgehead atoms. The lowest BCUT2D eigenvalue weighted by molar-refractivity contribution is 0.261. The maximum atomic E-state index is 5.79. The second-order valence-electron chi connectivity index (χ2n) is 4.13. The highest BCUT2D eigenvalue weighted by atomic mass is 32.1. The van der Waals surface area contributed by atoms with Crippen LogP contribution in [0.1, 0.15) is 10.4 Å². The highest BCUT2D eigenvalue weighted by Crippen LogP contribution is 2.24. The maximum absolute atomic E-state index is 5.79. The highest BCUT2D eigenvalue weighted by molar-refractivity contribution is 7.09. The van der Waals surface area contributed by atoms with Crippen molar-refractivity contribution in [3.8, 4) is 5.75 Å². The van der Waals surface area contributed by atoms with Gasteiger partial charge in [-0.3, -0.25) is 0 Å². The fraction of sp³-hybridized carbons (Fsp3) is 0.286. The minimum atomic E-state index is 0.310. The fourth-order valence-corrected chi connectivity index (χ4v) is 2.47. The molecule has 3 heteroatoms. The minimum absolute atomic E-state index is 0.310. The first-order valence-corrected chi connectivity index (χ1v) is 6.64. The van der Waals surface area contributed by atoms with E-state index in [2.05, 4.69) is 29.6 Å². The third kappa shape index (κ3) is 2.87. The van der Waals surface area contributed by atoms with Crippen molar-refractivity contribution in [2.75, 3.05) is 13.2 Å². The van der Waals surface area contributed by atoms with Crippen molar-refractivity contribution in [2.45, 2.75) is 12.5 Å². The standard InChI is InChI=1S/C14H14O2S/c1-2-6-14(16-10-12-9-15-12)11(4-1)8-13-5-3-7-17-13/h1-7,12H,8-10H2. The molecule has 1 aliphatic rings. The fourth-order valence-electron chi connectivity index (χ4n) is 1.74. The Kier molecular flexibility index (Phi) is 3.12. The predicted molar refractivity (Wildman–Crippen MR) is 68.8 cm³/mol. The second-order valence-corrected chi connectivity index (χ2v) is 5.16. The van der Waals surface area contributed by atoms with Gasteiger partial charge in [0.15, 0.2) is 0 Å². The molecule has 1 aromatic carbocycles. The van der Waals surface area contributed by atoms with Gasteiger partial charge < -0.3 is 9.47 Å². The van der Waals surface area contributed by atoms with Gasteiger partial charge in [0.05, 0.1) is 6.61 Å². The lowest BCUT2D eigenvalue weighted by atomic mass is 10.1. The molecule has 2 heterocycles. The first-order chi connectivity index (χ1) is 8.42. The molecule has 1 atom stereocenters. The van der Waals surface area contributed by atoms with Gasteiger partial charge in [-0.15, -0.1) is 11.3 Å². The Morgan fingerprint density at radius 2 is 2.12 bits per heavy atom. The molecule has 17 heavy (non-hydrogen) atoms. The first-order valence-electron chi connectivity index (χ1n) is 5.76. The van der Waals surface area contributed by atoms with Crippen LogP contribution in [-0.4, -0.2) is 19.3 Å². The van der Waals surface area contributed by atoms with E-state index in [0.29, 0.717) is 12.7 Å². The Morgan fingerprint density at radius 3 is 2.88 bits per heavy atom. The van der Waals surface area contributed by atoms with Gasteiger partial charge in [0.25, 0.3) is 0 Å². The van der Waals surface area contributed by atoms with Crippen LogP contribution in [0.15, 0.2) is 41.8 Å². The summed E-state index contributed by atoms with van der Waals surface area (Å²) in [7, 11) is 0. The van der Waals surface area contributed by atoms with E-state index in [4.69, 9.17) is 9.47 Å². The molecule has 1 saturated heterocycles. The Labute approximate surface area is 105 Å². The van der Waals surface area contributed by atoms with Crippen LogP contribution < -0.4 is 4.74 Å². The maximum Gasteiger partial charge on any atom is 0.122 e. The quantitative estimate of drug-likeness (QED) is 0.756. The lowest BCUT2D eigenvalue weighted by Gasteiger charge is -2.09. The lowest BCUT2D eigenvalue weighted by Crippen LogP contribution is -2.05. The third-order valence-electron chi connectivity index (χ3n) is 2.74. The largest absolute Gasteiger partial charge is 0.490 e. The van der Waals surface area contributed by atoms with Crippen molar-refractivity contribution in [2.24, 2.45) is 0 Å². The van der Waals surface area contributed by atoms with Crippen LogP contribution in [0.3, 0.4) is 0 Å². The van der Waals surface area contributed by atoms with Crippen molar-refractivity contribution in [1.29, 1.82) is 0 Å². The molecular weight excluding hydrogens is 232 g/mol. The van der Waals surface area contributed by atoms with Crippen molar-refractivity contribution in [3.63, 3.8) is 0 Å². The SMILES string of the molecule is c1csc(Cc2ccccc2OCC2CO2)c1. The second kappa shape index (κ2) is 4.90. The molecule has 88 valence electrons. The molecule has 0 radical (unpaired) electrons. The van der Waals surface area contributed by atoms with Crippen molar-refractivity contribution in [3.05, 3.63) is 52.2 Å². The van der Waals surface area contributed by atoms with Crippen LogP contribution in [-0.2, 0) is 11.2 Å². The number of hydrogen-bond acceptors (Lipinski definition) is 3. The van der Waals surface area contributed by atoms with Gasteiger partial charge in [0, 0.05) is 11.3 Å². The monoisotopic (exact) mass is 246 g/mol. The zero-order valence-electron chi connectivity index (χ0n) is 9.46. The molecular formula is C14H14O2S. The van der Waals surface area contributed by atoms with E-state index in [1.807, 2.05) is 12.1 Å². The van der Waals surface area contributed by atoms with Crippen LogP contribution in [0.5, 0.6) is 5.75 Å². The average molecular weight is 246 g/mol. The average Bonchev–Trinajstić information content (AvgIpc) is 3.05. The molecule has 2 nitrogen and oxygen atoms in total. The number of hydrogen-bond donors (Lipinski definition) is 0. The summed E-state index contributed by atoms with van der Waals surface area (Å²) >= 11 is 1.78. The highest BCUT2D eigenvalue weighted by Gasteiger charge is 2.23. The van der Waals surface area contributed by atoms with Gasteiger partial charge in [-0.25, -0.2) is 0 Å². The molecule has 1 fully saturated rings. The summed E-state index contributed by atoms with van der Waals surface area (Å²) in [4.78, 5) is 1.36. The summed E-state index contributed by atoms with van der Waals surface area (Å²) in [6.07, 6.45) is 1.25. The zero-order valence-corrected chi connectivity index (χ0v) is 10.3. The summed E-state index contributed by atoms with van der Waals surface area (Å²) in [6, 6.07) is 12.5. The summed E-state index contributed by atoms with van der Waals surface area (Å²) in [6.45, 7) is 1.51. The van der Waals surface area contributed by atoms with Crippen molar-refractivity contribution in [1.82, 2.24) is 0 Å². The molecule has 0 spiro atoms. The van der Waals surface area contributed by atoms with E-state index in [1.165, 1.54) is 10.4 Å². The molecule has 0 aliphatic carbocycles. The van der Waals surface area contributed by atoms with E-state index in [1.54, 1.807) is 11.3 Å². The first kappa shape index (κ1) is 10.8. The summed E-state index contributed by atoms with van der Waals surface area (Å²) in [5, 5.41) is 2.11. The van der Waals surface area contributed by atoms with Crippen LogP contribution in [0.4, 0.5) is 0 Å². The number of epoxide rings is 1. The predicted octanol–water partition coefficient (Wildman–Crippen LogP) is 3.12. The molecule has 0 saturated carbocycles. The van der Waals surface area contributed by atoms with E-state index in [-0.39, 0.29) is 0 Å². The van der Waals surface area contributed by atoms with Crippen LogP contribution in [0, 0.1) is 0 Å². The van der Waals surface area contributed by atoms with Crippen LogP contribution in [0.2, 0.25) is 0 Å². The van der Waals surface area contributed by atoms with Gasteiger partial charge in [-0.05, 0) is 23.1 Å². The zero-order chi connectivity index (χ0) is 11.5. The van der Waals surface area contributed by atoms with Gasteiger partial charge in [-0.1, -0.05) is 24.3 Å². The van der Waals surface area contributed by atoms with Crippen LogP contribution >= 0.6 is 11.3 Å². The topological polar surface area (TPSA) is 21.8 Å². The Balaban J connectivity index is 1.72. The smallest absolute Gasteiger partial charge is 0.122 e. The Bertz CT molecular complexity index is 475. The van der Waals surface area contributed by atoms with Gasteiger partial charge in [-0.2, -0.15) is 0 Å². The number of para-hydroxylation sites is 1. The van der Waals surface area contributed by atoms with Gasteiger partial charge in [0.1, 0.15) is 18.5 Å². The number of thiophene rings is 1. The summed E-state index contributed by atoms with van der Waals surface area (Å²) in [5.74, 6) is 0.983. The molecule has 3 rings (SSSR count). The normalized spacial score (nSPS) is 18.0. The Morgan fingerprint density at radius 1 is 1.24 bits per heavy atom. The van der Waals surface area contributed by atoms with E-state index >= 15 is 0 Å². The molecule has 0 N–H and O–H groups in total. The molecule has 0 amide bonds. The van der Waals surface area contributed by atoms with Gasteiger partial charge >= 0.3 is 0 Å². The van der Waals surface area contributed by atoms with Crippen LogP contribution in [0.25, 0.3) is 0 Å². The van der Waals surface area contributed by atoms with Crippen molar-refractivity contribution >= 4 is 11.3 Å². The van der Waals surface area contributed by atoms with Crippen molar-refractivity contribution < 1.29 is 9.47 Å². The molecule has 1 aliphatic heterocycles. The van der Waals surface area contributed by atoms with Gasteiger partial charge in [0.2, 0.25) is 0 Å². The third-order valence-corrected chi connectivity index (χ3v) is 3.62. The summed E-state index contributed by atoms with van der Waals surface area (Å²) in [5.41, 5.74) is 1.25. The molecule has 2 aromatic rings. The molecule has 1 aromatic heterocycles. The number of ether oxygens (including phenoxy) is 2. The Hall–Kier alpha value is -1.32. The number of rotatable bonds is 5. The summed E-state index contributed by atoms with van der Waals surface area (Å²) < 4.78 is 10.9. The van der Waals surface area contributed by atoms with E-state index in [0.717, 1.165) is 18.8 Å². The molecule has 1 unspecified atom stereocenters. The number of benzene rings is 1. The van der Waals surface area contributed by atoms with E-state index in [9.17, 15) is 0 Å². The van der Waals surface area contributed by atoms with E-state index < -0.39 is 0 Å².